The van der Waals surface area contributed by atoms with Gasteiger partial charge in [0.15, 0.2) is 5.78 Å². The second-order valence-corrected chi connectivity index (χ2v) is 4.14. The van der Waals surface area contributed by atoms with Gasteiger partial charge in [-0.3, -0.25) is 4.79 Å². The summed E-state index contributed by atoms with van der Waals surface area (Å²) < 4.78 is 0. The molecule has 0 fully saturated rings. The van der Waals surface area contributed by atoms with Crippen molar-refractivity contribution >= 4 is 5.78 Å². The molecule has 2 nitrogen and oxygen atoms in total. The highest BCUT2D eigenvalue weighted by atomic mass is 16.3. The van der Waals surface area contributed by atoms with Gasteiger partial charge in [0.25, 0.3) is 0 Å². The minimum absolute atomic E-state index is 0.0845. The average molecular weight is 190 g/mol. The Balaban J connectivity index is 2.54. The first-order valence-electron chi connectivity index (χ1n) is 4.85. The summed E-state index contributed by atoms with van der Waals surface area (Å²) in [6, 6.07) is 0. The fourth-order valence-electron chi connectivity index (χ4n) is 2.24. The summed E-state index contributed by atoms with van der Waals surface area (Å²) >= 11 is 0. The fraction of sp³-hybridized carbons (Fsp3) is 0.417. The predicted molar refractivity (Wildman–Crippen MR) is 54.7 cm³/mol. The molecule has 2 heteroatoms. The second kappa shape index (κ2) is 2.92. The van der Waals surface area contributed by atoms with Crippen LogP contribution in [-0.4, -0.2) is 17.0 Å². The van der Waals surface area contributed by atoms with Gasteiger partial charge in [0.1, 0.15) is 6.10 Å². The third kappa shape index (κ3) is 1.11. The Hall–Kier alpha value is -1.15. The van der Waals surface area contributed by atoms with Crippen LogP contribution in [0.25, 0.3) is 0 Å². The number of allylic oxidation sites excluding steroid dienone is 5. The van der Waals surface area contributed by atoms with Crippen LogP contribution in [0.3, 0.4) is 0 Å². The van der Waals surface area contributed by atoms with Crippen molar-refractivity contribution in [2.45, 2.75) is 26.4 Å². The van der Waals surface area contributed by atoms with Crippen molar-refractivity contribution < 1.29 is 9.90 Å². The molecule has 0 radical (unpaired) electrons. The number of aliphatic hydroxyl groups excluding tert-OH is 1. The summed E-state index contributed by atoms with van der Waals surface area (Å²) in [5.41, 5.74) is 1.57. The monoisotopic (exact) mass is 190 g/mol. The van der Waals surface area contributed by atoms with Gasteiger partial charge in [0.2, 0.25) is 0 Å². The standard InChI is InChI=1S/C12H14O2/c1-8-4-3-7-12(2)9(8)5-6-10(13)11(12)14/h3-5,7,10,13H,6H2,1-2H3. The first-order chi connectivity index (χ1) is 6.55. The Bertz CT molecular complexity index is 374. The maximum Gasteiger partial charge on any atom is 0.175 e. The number of hydrogen-bond acceptors (Lipinski definition) is 2. The molecule has 0 aromatic heterocycles. The van der Waals surface area contributed by atoms with Crippen LogP contribution in [0.1, 0.15) is 20.3 Å². The molecule has 0 heterocycles. The van der Waals surface area contributed by atoms with Crippen LogP contribution in [0.2, 0.25) is 0 Å². The van der Waals surface area contributed by atoms with Crippen LogP contribution < -0.4 is 0 Å². The molecule has 1 N–H and O–H groups in total. The van der Waals surface area contributed by atoms with Crippen molar-refractivity contribution in [1.82, 2.24) is 0 Å². The van der Waals surface area contributed by atoms with Gasteiger partial charge in [-0.05, 0) is 31.4 Å². The van der Waals surface area contributed by atoms with E-state index in [1.165, 1.54) is 0 Å². The van der Waals surface area contributed by atoms with Gasteiger partial charge < -0.3 is 5.11 Å². The lowest BCUT2D eigenvalue weighted by Gasteiger charge is -2.35. The maximum atomic E-state index is 11.9. The third-order valence-electron chi connectivity index (χ3n) is 3.12. The highest BCUT2D eigenvalue weighted by molar-refractivity contribution is 5.95. The molecular weight excluding hydrogens is 176 g/mol. The van der Waals surface area contributed by atoms with Gasteiger partial charge >= 0.3 is 0 Å². The molecule has 2 unspecified atom stereocenters. The Morgan fingerprint density at radius 2 is 2.29 bits per heavy atom. The van der Waals surface area contributed by atoms with Crippen LogP contribution in [0.15, 0.2) is 35.5 Å². The molecule has 2 aliphatic carbocycles. The van der Waals surface area contributed by atoms with Crippen molar-refractivity contribution in [3.8, 4) is 0 Å². The van der Waals surface area contributed by atoms with Crippen LogP contribution in [0.5, 0.6) is 0 Å². The molecule has 0 bridgehead atoms. The fourth-order valence-corrected chi connectivity index (χ4v) is 2.24. The zero-order chi connectivity index (χ0) is 10.3. The molecule has 2 atom stereocenters. The molecule has 14 heavy (non-hydrogen) atoms. The van der Waals surface area contributed by atoms with E-state index in [1.807, 2.05) is 38.2 Å². The van der Waals surface area contributed by atoms with Gasteiger partial charge in [-0.2, -0.15) is 0 Å². The zero-order valence-electron chi connectivity index (χ0n) is 8.45. The van der Waals surface area contributed by atoms with Crippen molar-refractivity contribution in [2.24, 2.45) is 5.41 Å². The molecule has 0 amide bonds. The molecule has 0 saturated heterocycles. The van der Waals surface area contributed by atoms with Gasteiger partial charge in [-0.1, -0.05) is 24.3 Å². The van der Waals surface area contributed by atoms with Crippen LogP contribution in [0.4, 0.5) is 0 Å². The number of ketones is 1. The Labute approximate surface area is 83.6 Å². The van der Waals surface area contributed by atoms with Crippen molar-refractivity contribution in [1.29, 1.82) is 0 Å². The van der Waals surface area contributed by atoms with Crippen LogP contribution in [0, 0.1) is 5.41 Å². The van der Waals surface area contributed by atoms with E-state index < -0.39 is 11.5 Å². The smallest absolute Gasteiger partial charge is 0.175 e. The normalized spacial score (nSPS) is 36.2. The quantitative estimate of drug-likeness (QED) is 0.632. The molecular formula is C12H14O2. The number of Topliss-reactive ketones (excluding diaryl/α,β-unsaturated/α-hetero) is 1. The maximum absolute atomic E-state index is 11.9. The lowest BCUT2D eigenvalue weighted by Crippen LogP contribution is -2.40. The highest BCUT2D eigenvalue weighted by Crippen LogP contribution is 2.41. The van der Waals surface area contributed by atoms with E-state index in [0.717, 1.165) is 11.1 Å². The molecule has 0 aliphatic heterocycles. The highest BCUT2D eigenvalue weighted by Gasteiger charge is 2.42. The predicted octanol–water partition coefficient (Wildman–Crippen LogP) is 1.77. The molecule has 2 rings (SSSR count). The van der Waals surface area contributed by atoms with E-state index in [-0.39, 0.29) is 5.78 Å². The topological polar surface area (TPSA) is 37.3 Å². The molecule has 0 spiro atoms. The Morgan fingerprint density at radius 1 is 1.57 bits per heavy atom. The molecule has 74 valence electrons. The average Bonchev–Trinajstić information content (AvgIpc) is 2.14. The number of carbonyl (C=O) groups excluding carboxylic acids is 1. The largest absolute Gasteiger partial charge is 0.385 e. The number of fused-ring (bicyclic) bond motifs is 1. The molecule has 2 aliphatic rings. The van der Waals surface area contributed by atoms with Gasteiger partial charge in [0, 0.05) is 0 Å². The number of hydrogen-bond donors (Lipinski definition) is 1. The lowest BCUT2D eigenvalue weighted by atomic mass is 9.67. The van der Waals surface area contributed by atoms with Crippen LogP contribution in [-0.2, 0) is 4.79 Å². The second-order valence-electron chi connectivity index (χ2n) is 4.14. The van der Waals surface area contributed by atoms with Crippen LogP contribution >= 0.6 is 0 Å². The van der Waals surface area contributed by atoms with Crippen molar-refractivity contribution in [3.63, 3.8) is 0 Å². The summed E-state index contributed by atoms with van der Waals surface area (Å²) in [4.78, 5) is 11.9. The number of carbonyl (C=O) groups is 1. The van der Waals surface area contributed by atoms with Gasteiger partial charge in [0.05, 0.1) is 5.41 Å². The number of rotatable bonds is 0. The molecule has 0 aromatic carbocycles. The number of aliphatic hydroxyl groups is 1. The van der Waals surface area contributed by atoms with E-state index >= 15 is 0 Å². The van der Waals surface area contributed by atoms with Crippen molar-refractivity contribution in [2.75, 3.05) is 0 Å². The zero-order valence-corrected chi connectivity index (χ0v) is 8.45. The van der Waals surface area contributed by atoms with E-state index in [1.54, 1.807) is 0 Å². The summed E-state index contributed by atoms with van der Waals surface area (Å²) in [7, 11) is 0. The third-order valence-corrected chi connectivity index (χ3v) is 3.12. The lowest BCUT2D eigenvalue weighted by molar-refractivity contribution is -0.133. The minimum Gasteiger partial charge on any atom is -0.385 e. The first-order valence-corrected chi connectivity index (χ1v) is 4.85. The summed E-state index contributed by atoms with van der Waals surface area (Å²) in [5, 5.41) is 9.52. The Morgan fingerprint density at radius 3 is 3.00 bits per heavy atom. The molecule has 0 aromatic rings. The van der Waals surface area contributed by atoms with Gasteiger partial charge in [-0.15, -0.1) is 0 Å². The molecule has 0 saturated carbocycles. The van der Waals surface area contributed by atoms with E-state index in [4.69, 9.17) is 0 Å². The first kappa shape index (κ1) is 9.41. The minimum atomic E-state index is -0.834. The Kier molecular flexibility index (Phi) is 1.96. The van der Waals surface area contributed by atoms with E-state index in [0.29, 0.717) is 6.42 Å². The van der Waals surface area contributed by atoms with E-state index in [2.05, 4.69) is 0 Å². The van der Waals surface area contributed by atoms with Gasteiger partial charge in [-0.25, -0.2) is 0 Å². The SMILES string of the molecule is CC1=CC=CC2(C)C(=O)C(O)CC=C12. The summed E-state index contributed by atoms with van der Waals surface area (Å²) in [6.07, 6.45) is 7.35. The van der Waals surface area contributed by atoms with E-state index in [9.17, 15) is 9.90 Å². The summed E-state index contributed by atoms with van der Waals surface area (Å²) in [5.74, 6) is -0.0845. The summed E-state index contributed by atoms with van der Waals surface area (Å²) in [6.45, 7) is 3.87. The van der Waals surface area contributed by atoms with Crippen molar-refractivity contribution in [3.05, 3.63) is 35.5 Å².